The number of methoxy groups -OCH3 is 1. The molecule has 0 aromatic heterocycles. The first-order chi connectivity index (χ1) is 10.1. The molecule has 0 bridgehead atoms. The lowest BCUT2D eigenvalue weighted by Gasteiger charge is -2.06. The summed E-state index contributed by atoms with van der Waals surface area (Å²) in [4.78, 5) is 11.6. The Labute approximate surface area is 126 Å². The standard InChI is InChI=1S/C14H15N3O3S/c1-20-11-3-2-4-12(8-11)21-9-10-5-6-13(16-15)14(7-10)17(18)19/h2-8,16H,9,15H2,1H3. The predicted molar refractivity (Wildman–Crippen MR) is 83.5 cm³/mol. The summed E-state index contributed by atoms with van der Waals surface area (Å²) in [6.07, 6.45) is 0. The Balaban J connectivity index is 2.12. The molecule has 0 unspecified atom stereocenters. The molecule has 2 aromatic carbocycles. The molecule has 0 spiro atoms. The number of nitrogens with two attached hydrogens (primary N) is 1. The van der Waals surface area contributed by atoms with Crippen LogP contribution >= 0.6 is 11.8 Å². The maximum absolute atomic E-state index is 11.0. The Morgan fingerprint density at radius 2 is 2.14 bits per heavy atom. The number of hydrazine groups is 1. The summed E-state index contributed by atoms with van der Waals surface area (Å²) in [7, 11) is 1.62. The van der Waals surface area contributed by atoms with E-state index < -0.39 is 4.92 Å². The van der Waals surface area contributed by atoms with Crippen LogP contribution in [0, 0.1) is 10.1 Å². The molecule has 21 heavy (non-hydrogen) atoms. The van der Waals surface area contributed by atoms with Gasteiger partial charge in [0.2, 0.25) is 0 Å². The summed E-state index contributed by atoms with van der Waals surface area (Å²) in [5.74, 6) is 6.67. The van der Waals surface area contributed by atoms with E-state index in [1.54, 1.807) is 24.9 Å². The van der Waals surface area contributed by atoms with Gasteiger partial charge in [-0.15, -0.1) is 11.8 Å². The smallest absolute Gasteiger partial charge is 0.293 e. The lowest BCUT2D eigenvalue weighted by atomic mass is 10.2. The van der Waals surface area contributed by atoms with Gasteiger partial charge in [0, 0.05) is 16.7 Å². The second-order valence-electron chi connectivity index (χ2n) is 4.22. The fraction of sp³-hybridized carbons (Fsp3) is 0.143. The lowest BCUT2D eigenvalue weighted by Crippen LogP contribution is -2.09. The van der Waals surface area contributed by atoms with Crippen molar-refractivity contribution in [2.45, 2.75) is 10.6 Å². The van der Waals surface area contributed by atoms with E-state index in [1.807, 2.05) is 30.3 Å². The van der Waals surface area contributed by atoms with E-state index in [0.717, 1.165) is 16.2 Å². The minimum atomic E-state index is -0.449. The van der Waals surface area contributed by atoms with Crippen molar-refractivity contribution in [1.29, 1.82) is 0 Å². The lowest BCUT2D eigenvalue weighted by molar-refractivity contribution is -0.384. The molecular weight excluding hydrogens is 290 g/mol. The molecule has 0 atom stereocenters. The maximum Gasteiger partial charge on any atom is 0.293 e. The van der Waals surface area contributed by atoms with Crippen molar-refractivity contribution in [2.75, 3.05) is 12.5 Å². The molecule has 0 saturated carbocycles. The molecule has 0 amide bonds. The number of nitrogen functional groups attached to an aromatic ring is 1. The van der Waals surface area contributed by atoms with E-state index in [0.29, 0.717) is 11.4 Å². The minimum absolute atomic E-state index is 0.0266. The molecule has 0 radical (unpaired) electrons. The second-order valence-corrected chi connectivity index (χ2v) is 5.27. The van der Waals surface area contributed by atoms with E-state index in [2.05, 4.69) is 5.43 Å². The largest absolute Gasteiger partial charge is 0.497 e. The van der Waals surface area contributed by atoms with Crippen LogP contribution in [-0.2, 0) is 5.75 Å². The molecular formula is C14H15N3O3S. The normalized spacial score (nSPS) is 10.2. The summed E-state index contributed by atoms with van der Waals surface area (Å²) in [5, 5.41) is 11.0. The zero-order chi connectivity index (χ0) is 15.2. The van der Waals surface area contributed by atoms with Crippen molar-refractivity contribution in [3.63, 3.8) is 0 Å². The van der Waals surface area contributed by atoms with Gasteiger partial charge in [0.05, 0.1) is 12.0 Å². The van der Waals surface area contributed by atoms with Crippen molar-refractivity contribution in [2.24, 2.45) is 5.84 Å². The quantitative estimate of drug-likeness (QED) is 0.369. The van der Waals surface area contributed by atoms with Crippen LogP contribution in [0.1, 0.15) is 5.56 Å². The van der Waals surface area contributed by atoms with Crippen LogP contribution in [0.2, 0.25) is 0 Å². The van der Waals surface area contributed by atoms with Crippen LogP contribution < -0.4 is 16.0 Å². The molecule has 2 aromatic rings. The molecule has 0 saturated heterocycles. The number of rotatable bonds is 6. The number of nitrogens with one attached hydrogen (secondary N) is 1. The molecule has 0 aliphatic rings. The van der Waals surface area contributed by atoms with Crippen LogP contribution in [-0.4, -0.2) is 12.0 Å². The van der Waals surface area contributed by atoms with Crippen molar-refractivity contribution in [1.82, 2.24) is 0 Å². The Kier molecular flexibility index (Phi) is 5.02. The molecule has 6 nitrogen and oxygen atoms in total. The highest BCUT2D eigenvalue weighted by molar-refractivity contribution is 7.98. The fourth-order valence-electron chi connectivity index (χ4n) is 1.80. The number of benzene rings is 2. The van der Waals surface area contributed by atoms with Gasteiger partial charge in [-0.3, -0.25) is 16.0 Å². The monoisotopic (exact) mass is 305 g/mol. The molecule has 2 rings (SSSR count). The number of nitrogens with zero attached hydrogens (tertiary/aromatic N) is 1. The highest BCUT2D eigenvalue weighted by atomic mass is 32.2. The van der Waals surface area contributed by atoms with E-state index in [9.17, 15) is 10.1 Å². The average molecular weight is 305 g/mol. The maximum atomic E-state index is 11.0. The number of hydrogen-bond donors (Lipinski definition) is 2. The van der Waals surface area contributed by atoms with Crippen molar-refractivity contribution in [3.8, 4) is 5.75 Å². The van der Waals surface area contributed by atoms with Gasteiger partial charge >= 0.3 is 0 Å². The minimum Gasteiger partial charge on any atom is -0.497 e. The third-order valence-corrected chi connectivity index (χ3v) is 3.93. The van der Waals surface area contributed by atoms with E-state index in [1.165, 1.54) is 6.07 Å². The summed E-state index contributed by atoms with van der Waals surface area (Å²) in [6, 6.07) is 12.6. The highest BCUT2D eigenvalue weighted by Gasteiger charge is 2.13. The number of thioether (sulfide) groups is 1. The van der Waals surface area contributed by atoms with Gasteiger partial charge in [0.15, 0.2) is 0 Å². The molecule has 3 N–H and O–H groups in total. The van der Waals surface area contributed by atoms with Crippen molar-refractivity contribution < 1.29 is 9.66 Å². The predicted octanol–water partition coefficient (Wildman–Crippen LogP) is 3.18. The molecule has 0 heterocycles. The zero-order valence-corrected chi connectivity index (χ0v) is 12.2. The van der Waals surface area contributed by atoms with Crippen molar-refractivity contribution in [3.05, 3.63) is 58.1 Å². The van der Waals surface area contributed by atoms with Gasteiger partial charge in [-0.25, -0.2) is 0 Å². The van der Waals surface area contributed by atoms with Crippen LogP contribution in [0.25, 0.3) is 0 Å². The SMILES string of the molecule is COc1cccc(SCc2ccc(NN)c([N+](=O)[O-])c2)c1. The summed E-state index contributed by atoms with van der Waals surface area (Å²) >= 11 is 1.58. The van der Waals surface area contributed by atoms with E-state index in [-0.39, 0.29) is 5.69 Å². The zero-order valence-electron chi connectivity index (χ0n) is 11.4. The molecule has 0 aliphatic carbocycles. The average Bonchev–Trinajstić information content (AvgIpc) is 2.52. The Morgan fingerprint density at radius 1 is 1.33 bits per heavy atom. The molecule has 110 valence electrons. The Bertz CT molecular complexity index is 649. The van der Waals surface area contributed by atoms with Crippen molar-refractivity contribution >= 4 is 23.1 Å². The van der Waals surface area contributed by atoms with Crippen LogP contribution in [0.4, 0.5) is 11.4 Å². The number of anilines is 1. The van der Waals surface area contributed by atoms with Crippen LogP contribution in [0.5, 0.6) is 5.75 Å². The fourth-order valence-corrected chi connectivity index (χ4v) is 2.68. The molecule has 7 heteroatoms. The third-order valence-electron chi connectivity index (χ3n) is 2.86. The van der Waals surface area contributed by atoms with Gasteiger partial charge in [0.25, 0.3) is 5.69 Å². The molecule has 0 aliphatic heterocycles. The number of ether oxygens (including phenoxy) is 1. The molecule has 0 fully saturated rings. The number of nitro groups is 1. The van der Waals surface area contributed by atoms with Gasteiger partial charge in [-0.05, 0) is 29.8 Å². The van der Waals surface area contributed by atoms with Gasteiger partial charge < -0.3 is 10.2 Å². The Morgan fingerprint density at radius 3 is 2.81 bits per heavy atom. The number of hydrogen-bond acceptors (Lipinski definition) is 6. The topological polar surface area (TPSA) is 90.4 Å². The first-order valence-corrected chi connectivity index (χ1v) is 7.13. The van der Waals surface area contributed by atoms with Crippen LogP contribution in [0.15, 0.2) is 47.4 Å². The van der Waals surface area contributed by atoms with Gasteiger partial charge in [-0.1, -0.05) is 12.1 Å². The Hall–Kier alpha value is -2.25. The first kappa shape index (κ1) is 15.1. The summed E-state index contributed by atoms with van der Waals surface area (Å²) < 4.78 is 5.16. The number of nitro benzene ring substituents is 1. The van der Waals surface area contributed by atoms with E-state index in [4.69, 9.17) is 10.6 Å². The van der Waals surface area contributed by atoms with Gasteiger partial charge in [0.1, 0.15) is 11.4 Å². The first-order valence-electron chi connectivity index (χ1n) is 6.15. The van der Waals surface area contributed by atoms with E-state index >= 15 is 0 Å². The van der Waals surface area contributed by atoms with Crippen LogP contribution in [0.3, 0.4) is 0 Å². The summed E-state index contributed by atoms with van der Waals surface area (Å²) in [6.45, 7) is 0. The highest BCUT2D eigenvalue weighted by Crippen LogP contribution is 2.30. The van der Waals surface area contributed by atoms with Gasteiger partial charge in [-0.2, -0.15) is 0 Å². The second kappa shape index (κ2) is 6.96. The summed E-state index contributed by atoms with van der Waals surface area (Å²) in [5.41, 5.74) is 3.46. The third kappa shape index (κ3) is 3.87.